The fourth-order valence-corrected chi connectivity index (χ4v) is 1.71. The molecule has 1 aliphatic heterocycles. The third-order valence-electron chi connectivity index (χ3n) is 2.44. The quantitative estimate of drug-likeness (QED) is 0.812. The molecule has 2 rings (SSSR count). The van der Waals surface area contributed by atoms with E-state index >= 15 is 0 Å². The Labute approximate surface area is 112 Å². The van der Waals surface area contributed by atoms with E-state index in [0.717, 1.165) is 11.0 Å². The molecule has 0 bridgehead atoms. The van der Waals surface area contributed by atoms with Gasteiger partial charge in [0.05, 0.1) is 11.6 Å². The molecule has 1 fully saturated rings. The van der Waals surface area contributed by atoms with Gasteiger partial charge in [0.2, 0.25) is 5.91 Å². The Hall–Kier alpha value is -2.15. The van der Waals surface area contributed by atoms with Crippen molar-refractivity contribution >= 4 is 35.1 Å². The topological polar surface area (TPSA) is 78.5 Å². The Balaban J connectivity index is 1.99. The standard InChI is InChI=1S/C11H9ClFN3O3/c12-7-3-6(1-2-8(7)13)15-9(17)5-16-10(18)4-14-11(16)19/h1-3H,4-5H2,(H,14,19)(H,15,17). The molecule has 1 aliphatic rings. The van der Waals surface area contributed by atoms with Crippen molar-refractivity contribution in [1.29, 1.82) is 0 Å². The Morgan fingerprint density at radius 1 is 1.47 bits per heavy atom. The van der Waals surface area contributed by atoms with E-state index in [9.17, 15) is 18.8 Å². The monoisotopic (exact) mass is 285 g/mol. The van der Waals surface area contributed by atoms with Gasteiger partial charge >= 0.3 is 6.03 Å². The van der Waals surface area contributed by atoms with Crippen molar-refractivity contribution in [3.05, 3.63) is 29.0 Å². The molecule has 0 radical (unpaired) electrons. The van der Waals surface area contributed by atoms with Gasteiger partial charge in [0.1, 0.15) is 12.4 Å². The van der Waals surface area contributed by atoms with Gasteiger partial charge < -0.3 is 10.6 Å². The minimum absolute atomic E-state index is 0.117. The Morgan fingerprint density at radius 3 is 2.79 bits per heavy atom. The van der Waals surface area contributed by atoms with E-state index in [0.29, 0.717) is 0 Å². The molecule has 4 amide bonds. The molecule has 1 saturated heterocycles. The Bertz CT molecular complexity index is 548. The fraction of sp³-hybridized carbons (Fsp3) is 0.182. The number of benzene rings is 1. The lowest BCUT2D eigenvalue weighted by atomic mass is 10.3. The molecule has 100 valence electrons. The second-order valence-corrected chi connectivity index (χ2v) is 4.22. The van der Waals surface area contributed by atoms with E-state index < -0.39 is 30.2 Å². The zero-order chi connectivity index (χ0) is 14.0. The highest BCUT2D eigenvalue weighted by Crippen LogP contribution is 2.19. The molecule has 0 atom stereocenters. The zero-order valence-electron chi connectivity index (χ0n) is 9.57. The molecule has 0 spiro atoms. The van der Waals surface area contributed by atoms with Crippen LogP contribution in [0.3, 0.4) is 0 Å². The molecule has 1 aromatic rings. The van der Waals surface area contributed by atoms with Gasteiger partial charge in [-0.25, -0.2) is 9.18 Å². The predicted octanol–water partition coefficient (Wildman–Crippen LogP) is 0.969. The first-order chi connectivity index (χ1) is 8.97. The highest BCUT2D eigenvalue weighted by atomic mass is 35.5. The van der Waals surface area contributed by atoms with E-state index in [1.54, 1.807) is 0 Å². The number of imide groups is 1. The van der Waals surface area contributed by atoms with E-state index in [1.807, 2.05) is 0 Å². The summed E-state index contributed by atoms with van der Waals surface area (Å²) in [6.07, 6.45) is 0. The van der Waals surface area contributed by atoms with E-state index in [4.69, 9.17) is 11.6 Å². The molecule has 0 saturated carbocycles. The molecule has 2 N–H and O–H groups in total. The SMILES string of the molecule is O=C(CN1C(=O)CNC1=O)Nc1ccc(F)c(Cl)c1. The first-order valence-electron chi connectivity index (χ1n) is 5.30. The minimum Gasteiger partial charge on any atom is -0.329 e. The highest BCUT2D eigenvalue weighted by Gasteiger charge is 2.30. The van der Waals surface area contributed by atoms with Gasteiger partial charge in [-0.3, -0.25) is 14.5 Å². The van der Waals surface area contributed by atoms with Crippen LogP contribution in [0.4, 0.5) is 14.9 Å². The van der Waals surface area contributed by atoms with Crippen molar-refractivity contribution < 1.29 is 18.8 Å². The number of nitrogens with zero attached hydrogens (tertiary/aromatic N) is 1. The van der Waals surface area contributed by atoms with Crippen LogP contribution in [0.2, 0.25) is 5.02 Å². The third kappa shape index (κ3) is 3.00. The van der Waals surface area contributed by atoms with Crippen molar-refractivity contribution in [2.24, 2.45) is 0 Å². The molecular formula is C11H9ClFN3O3. The van der Waals surface area contributed by atoms with Gasteiger partial charge in [-0.1, -0.05) is 11.6 Å². The molecule has 0 aliphatic carbocycles. The van der Waals surface area contributed by atoms with Crippen LogP contribution in [0.1, 0.15) is 0 Å². The lowest BCUT2D eigenvalue weighted by molar-refractivity contribution is -0.128. The maximum atomic E-state index is 12.9. The van der Waals surface area contributed by atoms with Crippen LogP contribution in [0.15, 0.2) is 18.2 Å². The molecule has 19 heavy (non-hydrogen) atoms. The minimum atomic E-state index is -0.614. The summed E-state index contributed by atoms with van der Waals surface area (Å²) in [6, 6.07) is 3.05. The predicted molar refractivity (Wildman–Crippen MR) is 65.2 cm³/mol. The number of hydrogen-bond donors (Lipinski definition) is 2. The Kier molecular flexibility index (Phi) is 3.66. The van der Waals surface area contributed by atoms with Crippen LogP contribution < -0.4 is 10.6 Å². The van der Waals surface area contributed by atoms with Crippen molar-refractivity contribution in [2.45, 2.75) is 0 Å². The summed E-state index contributed by atoms with van der Waals surface area (Å²) in [6.45, 7) is -0.520. The first-order valence-corrected chi connectivity index (χ1v) is 5.68. The molecule has 0 aromatic heterocycles. The van der Waals surface area contributed by atoms with E-state index in [-0.39, 0.29) is 17.3 Å². The number of carbonyl (C=O) groups excluding carboxylic acids is 3. The summed E-state index contributed by atoms with van der Waals surface area (Å²) in [4.78, 5) is 34.9. The first kappa shape index (κ1) is 13.3. The summed E-state index contributed by atoms with van der Waals surface area (Å²) < 4.78 is 12.9. The lowest BCUT2D eigenvalue weighted by Crippen LogP contribution is -2.38. The number of anilines is 1. The molecule has 6 nitrogen and oxygen atoms in total. The highest BCUT2D eigenvalue weighted by molar-refractivity contribution is 6.31. The van der Waals surface area contributed by atoms with E-state index in [2.05, 4.69) is 10.6 Å². The molecule has 1 aromatic carbocycles. The molecule has 0 unspecified atom stereocenters. The van der Waals surface area contributed by atoms with Crippen LogP contribution in [0.5, 0.6) is 0 Å². The summed E-state index contributed by atoms with van der Waals surface area (Å²) in [5, 5.41) is 4.57. The lowest BCUT2D eigenvalue weighted by Gasteiger charge is -2.12. The van der Waals surface area contributed by atoms with Gasteiger partial charge in [-0.2, -0.15) is 0 Å². The van der Waals surface area contributed by atoms with Crippen molar-refractivity contribution in [2.75, 3.05) is 18.4 Å². The number of carbonyl (C=O) groups is 3. The van der Waals surface area contributed by atoms with Crippen LogP contribution in [0.25, 0.3) is 0 Å². The maximum Gasteiger partial charge on any atom is 0.325 e. The van der Waals surface area contributed by atoms with Crippen LogP contribution in [-0.2, 0) is 9.59 Å². The van der Waals surface area contributed by atoms with Gasteiger partial charge in [0.25, 0.3) is 5.91 Å². The Morgan fingerprint density at radius 2 is 2.21 bits per heavy atom. The summed E-state index contributed by atoms with van der Waals surface area (Å²) in [5.74, 6) is -1.65. The number of rotatable bonds is 3. The molecule has 1 heterocycles. The average Bonchev–Trinajstić information content (AvgIpc) is 2.66. The summed E-state index contributed by atoms with van der Waals surface area (Å²) in [7, 11) is 0. The number of nitrogens with one attached hydrogen (secondary N) is 2. The molecule has 8 heteroatoms. The zero-order valence-corrected chi connectivity index (χ0v) is 10.3. The summed E-state index contributed by atoms with van der Waals surface area (Å²) >= 11 is 5.56. The number of hydrogen-bond acceptors (Lipinski definition) is 3. The van der Waals surface area contributed by atoms with Gasteiger partial charge in [-0.15, -0.1) is 0 Å². The van der Waals surface area contributed by atoms with Gasteiger partial charge in [0, 0.05) is 5.69 Å². The van der Waals surface area contributed by atoms with Crippen molar-refractivity contribution in [3.63, 3.8) is 0 Å². The number of halogens is 2. The summed E-state index contributed by atoms with van der Waals surface area (Å²) in [5.41, 5.74) is 0.281. The van der Waals surface area contributed by atoms with Crippen molar-refractivity contribution in [3.8, 4) is 0 Å². The number of amides is 4. The van der Waals surface area contributed by atoms with Gasteiger partial charge in [-0.05, 0) is 18.2 Å². The van der Waals surface area contributed by atoms with Crippen LogP contribution in [-0.4, -0.2) is 35.8 Å². The van der Waals surface area contributed by atoms with Gasteiger partial charge in [0.15, 0.2) is 0 Å². The average molecular weight is 286 g/mol. The third-order valence-corrected chi connectivity index (χ3v) is 2.73. The smallest absolute Gasteiger partial charge is 0.325 e. The van der Waals surface area contributed by atoms with E-state index in [1.165, 1.54) is 12.1 Å². The maximum absolute atomic E-state index is 12.9. The van der Waals surface area contributed by atoms with Crippen LogP contribution >= 0.6 is 11.6 Å². The molecular weight excluding hydrogens is 277 g/mol. The normalized spacial score (nSPS) is 14.5. The second kappa shape index (κ2) is 5.23. The largest absolute Gasteiger partial charge is 0.329 e. The number of urea groups is 1. The van der Waals surface area contributed by atoms with Crippen molar-refractivity contribution in [1.82, 2.24) is 10.2 Å². The second-order valence-electron chi connectivity index (χ2n) is 3.82. The van der Waals surface area contributed by atoms with Crippen LogP contribution in [0, 0.1) is 5.82 Å². The fourth-order valence-electron chi connectivity index (χ4n) is 1.53.